The van der Waals surface area contributed by atoms with Crippen LogP contribution in [0.3, 0.4) is 0 Å². The number of likely N-dealkylation sites (N-methyl/N-ethyl adjacent to an activating group) is 2. The van der Waals surface area contributed by atoms with Crippen LogP contribution in [0, 0.1) is 0 Å². The monoisotopic (exact) mass is 416 g/mol. The summed E-state index contributed by atoms with van der Waals surface area (Å²) in [5.74, 6) is 0.378. The maximum absolute atomic E-state index is 15.3. The standard InChI is InChI=1S/C22H33FN6O/c1-16-5-6-21(23)20(11-19(24-3)15-25-12-17(2)28(16)4)18-13-26-22(27-14-18)29-7-9-30-10-8-29/h6,11,13-17,24-25H,5,7-10,12H2,1-4H3/b19-15-,20-11-,21-6+. The average molecular weight is 417 g/mol. The lowest BCUT2D eigenvalue weighted by Gasteiger charge is -2.30. The van der Waals surface area contributed by atoms with Crippen LogP contribution in [0.4, 0.5) is 10.3 Å². The van der Waals surface area contributed by atoms with Gasteiger partial charge in [0, 0.05) is 68.5 Å². The SMILES string of the molecule is CNC1=C\NCC(C)N(C)C(C)C\C=C(F)/C(c2cnc(N3CCOCC3)nc2)=C\1. The first-order valence-electron chi connectivity index (χ1n) is 10.6. The second-order valence-corrected chi connectivity index (χ2v) is 7.84. The summed E-state index contributed by atoms with van der Waals surface area (Å²) < 4.78 is 20.7. The molecule has 0 amide bonds. The number of anilines is 1. The molecule has 164 valence electrons. The molecule has 1 fully saturated rings. The van der Waals surface area contributed by atoms with Gasteiger partial charge >= 0.3 is 0 Å². The summed E-state index contributed by atoms with van der Waals surface area (Å²) in [6.45, 7) is 7.95. The molecule has 0 aliphatic carbocycles. The van der Waals surface area contributed by atoms with Crippen molar-refractivity contribution in [1.82, 2.24) is 25.5 Å². The summed E-state index contributed by atoms with van der Waals surface area (Å²) >= 11 is 0. The van der Waals surface area contributed by atoms with E-state index in [2.05, 4.69) is 51.3 Å². The van der Waals surface area contributed by atoms with Gasteiger partial charge in [0.1, 0.15) is 5.83 Å². The van der Waals surface area contributed by atoms with E-state index in [1.54, 1.807) is 24.5 Å². The van der Waals surface area contributed by atoms with E-state index >= 15 is 4.39 Å². The van der Waals surface area contributed by atoms with Crippen molar-refractivity contribution in [3.8, 4) is 0 Å². The Hall–Kier alpha value is -2.45. The van der Waals surface area contributed by atoms with Crippen molar-refractivity contribution < 1.29 is 9.13 Å². The molecule has 1 aromatic rings. The van der Waals surface area contributed by atoms with Gasteiger partial charge in [-0.25, -0.2) is 14.4 Å². The van der Waals surface area contributed by atoms with Crippen molar-refractivity contribution >= 4 is 11.5 Å². The second-order valence-electron chi connectivity index (χ2n) is 7.84. The fraction of sp³-hybridized carbons (Fsp3) is 0.545. The van der Waals surface area contributed by atoms with E-state index in [9.17, 15) is 0 Å². The molecule has 0 saturated carbocycles. The molecular weight excluding hydrogens is 383 g/mol. The number of hydrogen-bond donors (Lipinski definition) is 2. The zero-order valence-electron chi connectivity index (χ0n) is 18.4. The number of nitrogens with one attached hydrogen (secondary N) is 2. The van der Waals surface area contributed by atoms with Gasteiger partial charge in [0.15, 0.2) is 0 Å². The third-order valence-corrected chi connectivity index (χ3v) is 5.79. The van der Waals surface area contributed by atoms with Crippen LogP contribution in [-0.2, 0) is 4.74 Å². The summed E-state index contributed by atoms with van der Waals surface area (Å²) in [6.07, 6.45) is 9.36. The first-order valence-corrected chi connectivity index (χ1v) is 10.6. The summed E-state index contributed by atoms with van der Waals surface area (Å²) in [4.78, 5) is 13.3. The summed E-state index contributed by atoms with van der Waals surface area (Å²) in [5.41, 5.74) is 1.90. The lowest BCUT2D eigenvalue weighted by Crippen LogP contribution is -2.41. The van der Waals surface area contributed by atoms with Crippen molar-refractivity contribution in [3.05, 3.63) is 47.8 Å². The number of morpholine rings is 1. The number of ether oxygens (including phenoxy) is 1. The highest BCUT2D eigenvalue weighted by Crippen LogP contribution is 2.27. The summed E-state index contributed by atoms with van der Waals surface area (Å²) in [7, 11) is 3.90. The lowest BCUT2D eigenvalue weighted by molar-refractivity contribution is 0.122. The third kappa shape index (κ3) is 5.58. The van der Waals surface area contributed by atoms with Gasteiger partial charge < -0.3 is 20.3 Å². The molecule has 2 N–H and O–H groups in total. The number of hydrogen-bond acceptors (Lipinski definition) is 7. The fourth-order valence-corrected chi connectivity index (χ4v) is 3.49. The second kappa shape index (κ2) is 10.5. The number of aromatic nitrogens is 2. The van der Waals surface area contributed by atoms with Crippen molar-refractivity contribution in [3.63, 3.8) is 0 Å². The van der Waals surface area contributed by atoms with Crippen LogP contribution in [0.5, 0.6) is 0 Å². The van der Waals surface area contributed by atoms with Crippen LogP contribution in [0.15, 0.2) is 42.3 Å². The topological polar surface area (TPSA) is 65.5 Å². The molecule has 2 aliphatic heterocycles. The lowest BCUT2D eigenvalue weighted by atomic mass is 10.0. The Labute approximate surface area is 178 Å². The summed E-state index contributed by atoms with van der Waals surface area (Å²) in [6, 6.07) is 0.552. The van der Waals surface area contributed by atoms with Gasteiger partial charge in [-0.15, -0.1) is 0 Å². The molecule has 7 nitrogen and oxygen atoms in total. The molecular formula is C22H33FN6O. The predicted octanol–water partition coefficient (Wildman–Crippen LogP) is 2.31. The highest BCUT2D eigenvalue weighted by atomic mass is 19.1. The Kier molecular flexibility index (Phi) is 7.81. The van der Waals surface area contributed by atoms with Crippen LogP contribution < -0.4 is 15.5 Å². The Bertz CT molecular complexity index is 785. The molecule has 0 aromatic carbocycles. The highest BCUT2D eigenvalue weighted by molar-refractivity contribution is 5.78. The van der Waals surface area contributed by atoms with E-state index in [-0.39, 0.29) is 11.9 Å². The van der Waals surface area contributed by atoms with Crippen molar-refractivity contribution in [2.75, 3.05) is 51.8 Å². The molecule has 0 spiro atoms. The molecule has 0 radical (unpaired) electrons. The number of nitrogens with zero attached hydrogens (tertiary/aromatic N) is 4. The molecule has 1 aromatic heterocycles. The van der Waals surface area contributed by atoms with Gasteiger partial charge in [-0.3, -0.25) is 4.90 Å². The largest absolute Gasteiger partial charge is 0.388 e. The van der Waals surface area contributed by atoms with Crippen LogP contribution in [0.1, 0.15) is 25.8 Å². The fourth-order valence-electron chi connectivity index (χ4n) is 3.49. The Balaban J connectivity index is 1.91. The number of halogens is 1. The minimum atomic E-state index is -0.271. The van der Waals surface area contributed by atoms with Crippen molar-refractivity contribution in [2.45, 2.75) is 32.4 Å². The molecule has 30 heavy (non-hydrogen) atoms. The molecule has 2 unspecified atom stereocenters. The van der Waals surface area contributed by atoms with Gasteiger partial charge in [-0.2, -0.15) is 0 Å². The van der Waals surface area contributed by atoms with Gasteiger partial charge in [-0.1, -0.05) is 0 Å². The molecule has 2 aliphatic rings. The van der Waals surface area contributed by atoms with Crippen LogP contribution in [-0.4, -0.2) is 73.9 Å². The smallest absolute Gasteiger partial charge is 0.225 e. The van der Waals surface area contributed by atoms with Crippen LogP contribution in [0.2, 0.25) is 0 Å². The van der Waals surface area contributed by atoms with E-state index in [0.717, 1.165) is 25.3 Å². The maximum atomic E-state index is 15.3. The van der Waals surface area contributed by atoms with E-state index in [1.165, 1.54) is 0 Å². The van der Waals surface area contributed by atoms with Crippen LogP contribution >= 0.6 is 0 Å². The average Bonchev–Trinajstić information content (AvgIpc) is 2.79. The molecule has 3 rings (SSSR count). The van der Waals surface area contributed by atoms with Crippen molar-refractivity contribution in [1.29, 1.82) is 0 Å². The summed E-state index contributed by atoms with van der Waals surface area (Å²) in [5, 5.41) is 6.47. The van der Waals surface area contributed by atoms with Gasteiger partial charge in [0.2, 0.25) is 5.95 Å². The normalized spacial score (nSPS) is 29.8. The molecule has 2 atom stereocenters. The zero-order chi connectivity index (χ0) is 21.5. The predicted molar refractivity (Wildman–Crippen MR) is 119 cm³/mol. The Morgan fingerprint density at radius 2 is 1.87 bits per heavy atom. The van der Waals surface area contributed by atoms with Gasteiger partial charge in [0.05, 0.1) is 18.9 Å². The zero-order valence-corrected chi connectivity index (χ0v) is 18.4. The quantitative estimate of drug-likeness (QED) is 0.784. The van der Waals surface area contributed by atoms with E-state index in [1.807, 2.05) is 13.2 Å². The Morgan fingerprint density at radius 1 is 1.17 bits per heavy atom. The minimum absolute atomic E-state index is 0.223. The van der Waals surface area contributed by atoms with Crippen molar-refractivity contribution in [2.24, 2.45) is 0 Å². The maximum Gasteiger partial charge on any atom is 0.225 e. The minimum Gasteiger partial charge on any atom is -0.388 e. The highest BCUT2D eigenvalue weighted by Gasteiger charge is 2.18. The molecule has 0 bridgehead atoms. The number of allylic oxidation sites excluding steroid dienone is 3. The van der Waals surface area contributed by atoms with E-state index < -0.39 is 0 Å². The van der Waals surface area contributed by atoms with Gasteiger partial charge in [0.25, 0.3) is 0 Å². The van der Waals surface area contributed by atoms with Gasteiger partial charge in [-0.05, 0) is 39.5 Å². The van der Waals surface area contributed by atoms with E-state index in [4.69, 9.17) is 4.74 Å². The molecule has 8 heteroatoms. The number of rotatable bonds is 3. The molecule has 3 heterocycles. The molecule has 1 saturated heterocycles. The Morgan fingerprint density at radius 3 is 2.53 bits per heavy atom. The first kappa shape index (κ1) is 22.2. The van der Waals surface area contributed by atoms with Crippen LogP contribution in [0.25, 0.3) is 5.57 Å². The first-order chi connectivity index (χ1) is 14.5. The third-order valence-electron chi connectivity index (χ3n) is 5.79. The van der Waals surface area contributed by atoms with E-state index in [0.29, 0.717) is 42.8 Å².